The molecule has 1 aromatic carbocycles. The Bertz CT molecular complexity index is 610. The molecule has 1 fully saturated rings. The van der Waals surface area contributed by atoms with Gasteiger partial charge < -0.3 is 4.74 Å². The van der Waals surface area contributed by atoms with Gasteiger partial charge in [-0.15, -0.1) is 11.3 Å². The average Bonchev–Trinajstić information content (AvgIpc) is 3.20. The van der Waals surface area contributed by atoms with E-state index < -0.39 is 0 Å². The highest BCUT2D eigenvalue weighted by molar-refractivity contribution is 7.09. The fourth-order valence-corrected chi connectivity index (χ4v) is 3.63. The van der Waals surface area contributed by atoms with Crippen molar-refractivity contribution in [3.8, 4) is 0 Å². The maximum Gasteiger partial charge on any atom is 0.337 e. The van der Waals surface area contributed by atoms with E-state index in [1.54, 1.807) is 11.3 Å². The standard InChI is InChI=1S/C17H20N2O2S/c1-21-17(20)15-4-2-13(3-5-15)10-14-6-8-19(11-14)12-16-18-7-9-22-16/h2-5,7,9,14H,6,8,10-12H2,1H3. The second kappa shape index (κ2) is 7.03. The molecule has 0 amide bonds. The summed E-state index contributed by atoms with van der Waals surface area (Å²) >= 11 is 1.72. The van der Waals surface area contributed by atoms with Gasteiger partial charge in [0, 0.05) is 18.1 Å². The number of likely N-dealkylation sites (tertiary alicyclic amines) is 1. The van der Waals surface area contributed by atoms with Crippen LogP contribution in [0.5, 0.6) is 0 Å². The van der Waals surface area contributed by atoms with Crippen LogP contribution in [-0.2, 0) is 17.7 Å². The molecular weight excluding hydrogens is 296 g/mol. The minimum atomic E-state index is -0.276. The summed E-state index contributed by atoms with van der Waals surface area (Å²) in [4.78, 5) is 18.3. The Balaban J connectivity index is 1.52. The van der Waals surface area contributed by atoms with E-state index in [2.05, 4.69) is 9.88 Å². The summed E-state index contributed by atoms with van der Waals surface area (Å²) in [6.45, 7) is 3.23. The molecule has 1 aliphatic heterocycles. The molecule has 5 heteroatoms. The van der Waals surface area contributed by atoms with Crippen LogP contribution in [0.1, 0.15) is 27.3 Å². The molecule has 1 atom stereocenters. The fraction of sp³-hybridized carbons (Fsp3) is 0.412. The van der Waals surface area contributed by atoms with Crippen molar-refractivity contribution in [2.45, 2.75) is 19.4 Å². The molecule has 0 N–H and O–H groups in total. The largest absolute Gasteiger partial charge is 0.465 e. The van der Waals surface area contributed by atoms with E-state index in [1.165, 1.54) is 24.1 Å². The smallest absolute Gasteiger partial charge is 0.337 e. The summed E-state index contributed by atoms with van der Waals surface area (Å²) in [5.41, 5.74) is 1.90. The van der Waals surface area contributed by atoms with Crippen LogP contribution in [-0.4, -0.2) is 36.1 Å². The second-order valence-electron chi connectivity index (χ2n) is 5.71. The van der Waals surface area contributed by atoms with E-state index >= 15 is 0 Å². The monoisotopic (exact) mass is 316 g/mol. The zero-order valence-electron chi connectivity index (χ0n) is 12.7. The third-order valence-corrected chi connectivity index (χ3v) is 4.88. The van der Waals surface area contributed by atoms with Crippen LogP contribution in [0.25, 0.3) is 0 Å². The number of rotatable bonds is 5. The van der Waals surface area contributed by atoms with Gasteiger partial charge in [-0.1, -0.05) is 12.1 Å². The number of hydrogen-bond donors (Lipinski definition) is 0. The first-order chi connectivity index (χ1) is 10.7. The number of methoxy groups -OCH3 is 1. The fourth-order valence-electron chi connectivity index (χ4n) is 2.97. The Morgan fingerprint density at radius 2 is 2.23 bits per heavy atom. The Hall–Kier alpha value is -1.72. The summed E-state index contributed by atoms with van der Waals surface area (Å²) in [5, 5.41) is 3.23. The first kappa shape index (κ1) is 15.2. The van der Waals surface area contributed by atoms with Crippen LogP contribution < -0.4 is 0 Å². The molecule has 1 aromatic heterocycles. The topological polar surface area (TPSA) is 42.4 Å². The van der Waals surface area contributed by atoms with Crippen molar-refractivity contribution in [1.82, 2.24) is 9.88 Å². The minimum absolute atomic E-state index is 0.276. The summed E-state index contributed by atoms with van der Waals surface area (Å²) in [6.07, 6.45) is 4.16. The molecule has 4 nitrogen and oxygen atoms in total. The van der Waals surface area contributed by atoms with Crippen LogP contribution in [0.15, 0.2) is 35.8 Å². The Kier molecular flexibility index (Phi) is 4.85. The van der Waals surface area contributed by atoms with Crippen molar-refractivity contribution in [2.75, 3.05) is 20.2 Å². The number of aromatic nitrogens is 1. The van der Waals surface area contributed by atoms with Gasteiger partial charge in [0.2, 0.25) is 0 Å². The van der Waals surface area contributed by atoms with Gasteiger partial charge in [0.25, 0.3) is 0 Å². The van der Waals surface area contributed by atoms with Crippen molar-refractivity contribution in [3.63, 3.8) is 0 Å². The number of nitrogens with zero attached hydrogens (tertiary/aromatic N) is 2. The molecule has 2 heterocycles. The molecular formula is C17H20N2O2S. The van der Waals surface area contributed by atoms with Gasteiger partial charge in [-0.3, -0.25) is 4.90 Å². The van der Waals surface area contributed by atoms with E-state index in [4.69, 9.17) is 4.74 Å². The minimum Gasteiger partial charge on any atom is -0.465 e. The lowest BCUT2D eigenvalue weighted by Gasteiger charge is -2.14. The lowest BCUT2D eigenvalue weighted by atomic mass is 9.98. The molecule has 1 saturated heterocycles. The van der Waals surface area contributed by atoms with E-state index in [0.717, 1.165) is 26.1 Å². The normalized spacial score (nSPS) is 18.5. The third-order valence-electron chi connectivity index (χ3n) is 4.11. The van der Waals surface area contributed by atoms with Crippen molar-refractivity contribution < 1.29 is 9.53 Å². The highest BCUT2D eigenvalue weighted by Gasteiger charge is 2.23. The molecule has 0 saturated carbocycles. The molecule has 22 heavy (non-hydrogen) atoms. The zero-order chi connectivity index (χ0) is 15.4. The quantitative estimate of drug-likeness (QED) is 0.795. The lowest BCUT2D eigenvalue weighted by Crippen LogP contribution is -2.20. The maximum atomic E-state index is 11.4. The third kappa shape index (κ3) is 3.72. The van der Waals surface area contributed by atoms with Gasteiger partial charge in [0.05, 0.1) is 19.2 Å². The van der Waals surface area contributed by atoms with E-state index in [9.17, 15) is 4.79 Å². The van der Waals surface area contributed by atoms with Crippen LogP contribution in [0, 0.1) is 5.92 Å². The zero-order valence-corrected chi connectivity index (χ0v) is 13.5. The summed E-state index contributed by atoms with van der Waals surface area (Å²) in [7, 11) is 1.41. The van der Waals surface area contributed by atoms with Crippen LogP contribution in [0.2, 0.25) is 0 Å². The van der Waals surface area contributed by atoms with Crippen LogP contribution in [0.4, 0.5) is 0 Å². The highest BCUT2D eigenvalue weighted by atomic mass is 32.1. The maximum absolute atomic E-state index is 11.4. The molecule has 1 aliphatic rings. The molecule has 0 bridgehead atoms. The van der Waals surface area contributed by atoms with Gasteiger partial charge in [-0.25, -0.2) is 9.78 Å². The summed E-state index contributed by atoms with van der Waals surface area (Å²) in [6, 6.07) is 7.78. The molecule has 2 aromatic rings. The Morgan fingerprint density at radius 3 is 2.91 bits per heavy atom. The van der Waals surface area contributed by atoms with E-state index in [-0.39, 0.29) is 5.97 Å². The molecule has 0 spiro atoms. The number of thiazole rings is 1. The van der Waals surface area contributed by atoms with Gasteiger partial charge >= 0.3 is 5.97 Å². The summed E-state index contributed by atoms with van der Waals surface area (Å²) < 4.78 is 4.72. The van der Waals surface area contributed by atoms with Crippen molar-refractivity contribution in [2.24, 2.45) is 5.92 Å². The molecule has 116 valence electrons. The van der Waals surface area contributed by atoms with E-state index in [1.807, 2.05) is 35.8 Å². The molecule has 3 rings (SSSR count). The molecule has 1 unspecified atom stereocenters. The predicted molar refractivity (Wildman–Crippen MR) is 87.0 cm³/mol. The number of ether oxygens (including phenoxy) is 1. The van der Waals surface area contributed by atoms with Gasteiger partial charge in [0.15, 0.2) is 0 Å². The SMILES string of the molecule is COC(=O)c1ccc(CC2CCN(Cc3nccs3)C2)cc1. The van der Waals surface area contributed by atoms with Crippen LogP contribution in [0.3, 0.4) is 0 Å². The molecule has 0 radical (unpaired) electrons. The van der Waals surface area contributed by atoms with Gasteiger partial charge in [-0.2, -0.15) is 0 Å². The average molecular weight is 316 g/mol. The van der Waals surface area contributed by atoms with E-state index in [0.29, 0.717) is 11.5 Å². The number of carbonyl (C=O) groups is 1. The first-order valence-electron chi connectivity index (χ1n) is 7.52. The first-order valence-corrected chi connectivity index (χ1v) is 8.40. The Morgan fingerprint density at radius 1 is 1.41 bits per heavy atom. The number of esters is 1. The lowest BCUT2D eigenvalue weighted by molar-refractivity contribution is 0.0600. The predicted octanol–water partition coefficient (Wildman–Crippen LogP) is 2.99. The van der Waals surface area contributed by atoms with Crippen molar-refractivity contribution in [3.05, 3.63) is 52.0 Å². The van der Waals surface area contributed by atoms with Crippen molar-refractivity contribution >= 4 is 17.3 Å². The Labute approximate surface area is 134 Å². The summed E-state index contributed by atoms with van der Waals surface area (Å²) in [5.74, 6) is 0.408. The van der Waals surface area contributed by atoms with Crippen molar-refractivity contribution in [1.29, 1.82) is 0 Å². The van der Waals surface area contributed by atoms with Crippen LogP contribution >= 0.6 is 11.3 Å². The second-order valence-corrected chi connectivity index (χ2v) is 6.69. The number of carbonyl (C=O) groups excluding carboxylic acids is 1. The number of hydrogen-bond acceptors (Lipinski definition) is 5. The molecule has 0 aliphatic carbocycles. The van der Waals surface area contributed by atoms with Gasteiger partial charge in [0.1, 0.15) is 5.01 Å². The highest BCUT2D eigenvalue weighted by Crippen LogP contribution is 2.23. The van der Waals surface area contributed by atoms with Gasteiger partial charge in [-0.05, 0) is 43.0 Å². The number of benzene rings is 1.